The molecule has 38 heavy (non-hydrogen) atoms. The second-order valence-electron chi connectivity index (χ2n) is 9.21. The standard InChI is InChI=1S/C27H26N4O4S.C2H6/c1-35-20-8-10-21-18(12-20)11-19(24(32)14-28)15-31-23-13-17(27(33)30-36(29)34)7-9-22(23)25(26(21)31)16-5-3-2-4-6-16;1-2/h7-13,16H,2-6,15,29H2,1H3,(H,30,33);1-2H3. The smallest absolute Gasteiger partial charge is 0.264 e. The van der Waals surface area contributed by atoms with E-state index in [9.17, 15) is 19.1 Å². The molecule has 1 aromatic heterocycles. The molecule has 2 aliphatic rings. The molecule has 1 saturated carbocycles. The lowest BCUT2D eigenvalue weighted by Crippen LogP contribution is -2.30. The third-order valence-corrected chi connectivity index (χ3v) is 7.52. The minimum atomic E-state index is -1.99. The van der Waals surface area contributed by atoms with E-state index in [0.717, 1.165) is 53.4 Å². The molecule has 0 spiro atoms. The maximum absolute atomic E-state index is 12.6. The Balaban J connectivity index is 0.00000164. The van der Waals surface area contributed by atoms with Crippen molar-refractivity contribution in [2.24, 2.45) is 5.14 Å². The molecule has 1 aliphatic carbocycles. The zero-order valence-corrected chi connectivity index (χ0v) is 22.7. The number of allylic oxidation sites excluding steroid dienone is 1. The number of hydrogen-bond acceptors (Lipinski definition) is 5. The summed E-state index contributed by atoms with van der Waals surface area (Å²) in [5.41, 5.74) is 5.40. The van der Waals surface area contributed by atoms with Crippen molar-refractivity contribution in [3.63, 3.8) is 0 Å². The average Bonchev–Trinajstić information content (AvgIpc) is 3.15. The zero-order valence-electron chi connectivity index (χ0n) is 21.9. The molecule has 5 rings (SSSR count). The topological polar surface area (TPSA) is 127 Å². The summed E-state index contributed by atoms with van der Waals surface area (Å²) < 4.78 is 21.1. The van der Waals surface area contributed by atoms with Gasteiger partial charge in [-0.2, -0.15) is 5.26 Å². The van der Waals surface area contributed by atoms with Gasteiger partial charge >= 0.3 is 0 Å². The second-order valence-corrected chi connectivity index (χ2v) is 10.0. The van der Waals surface area contributed by atoms with Gasteiger partial charge in [-0.1, -0.05) is 39.2 Å². The largest absolute Gasteiger partial charge is 0.497 e. The fourth-order valence-electron chi connectivity index (χ4n) is 5.54. The molecular formula is C29H32N4O4S. The van der Waals surface area contributed by atoms with Crippen molar-refractivity contribution in [2.45, 2.75) is 58.4 Å². The second kappa shape index (κ2) is 11.8. The number of benzene rings is 2. The van der Waals surface area contributed by atoms with Crippen LogP contribution in [0.5, 0.6) is 5.75 Å². The van der Waals surface area contributed by atoms with Crippen LogP contribution in [-0.2, 0) is 22.5 Å². The van der Waals surface area contributed by atoms with Crippen molar-refractivity contribution >= 4 is 39.8 Å². The summed E-state index contributed by atoms with van der Waals surface area (Å²) in [6, 6.07) is 12.9. The van der Waals surface area contributed by atoms with Gasteiger partial charge in [-0.15, -0.1) is 0 Å². The first kappa shape index (κ1) is 27.3. The third-order valence-electron chi connectivity index (χ3n) is 7.14. The number of fused-ring (bicyclic) bond motifs is 5. The highest BCUT2D eigenvalue weighted by atomic mass is 32.2. The summed E-state index contributed by atoms with van der Waals surface area (Å²) in [6.45, 7) is 4.19. The van der Waals surface area contributed by atoms with Crippen LogP contribution in [0, 0.1) is 11.3 Å². The van der Waals surface area contributed by atoms with E-state index in [2.05, 4.69) is 4.72 Å². The third kappa shape index (κ3) is 5.15. The van der Waals surface area contributed by atoms with E-state index in [1.165, 1.54) is 12.0 Å². The van der Waals surface area contributed by atoms with Crippen LogP contribution in [-0.4, -0.2) is 27.6 Å². The van der Waals surface area contributed by atoms with Crippen LogP contribution >= 0.6 is 0 Å². The molecule has 3 N–H and O–H groups in total. The maximum Gasteiger partial charge on any atom is 0.264 e. The first-order chi connectivity index (χ1) is 18.4. The molecule has 0 saturated heterocycles. The molecule has 0 radical (unpaired) electrons. The lowest BCUT2D eigenvalue weighted by molar-refractivity contribution is -0.110. The average molecular weight is 533 g/mol. The minimum Gasteiger partial charge on any atom is -0.497 e. The minimum absolute atomic E-state index is 0.190. The Morgan fingerprint density at radius 3 is 2.53 bits per heavy atom. The summed E-state index contributed by atoms with van der Waals surface area (Å²) in [5, 5.41) is 15.7. The van der Waals surface area contributed by atoms with E-state index < -0.39 is 22.9 Å². The lowest BCUT2D eigenvalue weighted by atomic mass is 9.81. The molecule has 3 aromatic rings. The SMILES string of the molecule is CC.COc1ccc2c(c1)C=C(C(=O)C#N)Cn1c-2c(C2CCCCC2)c2ccc(C(=O)NS(N)=O)cc21. The zero-order chi connectivity index (χ0) is 27.4. The molecule has 2 aromatic carbocycles. The Bertz CT molecular complexity index is 1490. The number of nitrogens with one attached hydrogen (secondary N) is 1. The molecule has 1 amide bonds. The molecule has 0 bridgehead atoms. The number of carbonyl (C=O) groups excluding carboxylic acids is 2. The molecule has 2 heterocycles. The monoisotopic (exact) mass is 532 g/mol. The number of amides is 1. The summed E-state index contributed by atoms with van der Waals surface area (Å²) in [7, 11) is 1.59. The lowest BCUT2D eigenvalue weighted by Gasteiger charge is -2.24. The van der Waals surface area contributed by atoms with Gasteiger partial charge < -0.3 is 9.30 Å². The Morgan fingerprint density at radius 2 is 1.87 bits per heavy atom. The van der Waals surface area contributed by atoms with Gasteiger partial charge in [0.05, 0.1) is 19.3 Å². The van der Waals surface area contributed by atoms with E-state index in [-0.39, 0.29) is 6.54 Å². The summed E-state index contributed by atoms with van der Waals surface area (Å²) >= 11 is -1.99. The summed E-state index contributed by atoms with van der Waals surface area (Å²) in [5.74, 6) is -0.164. The van der Waals surface area contributed by atoms with E-state index >= 15 is 0 Å². The Kier molecular flexibility index (Phi) is 8.45. The van der Waals surface area contributed by atoms with Crippen LogP contribution in [0.3, 0.4) is 0 Å². The molecule has 1 unspecified atom stereocenters. The van der Waals surface area contributed by atoms with Gasteiger partial charge in [0.15, 0.2) is 11.2 Å². The predicted molar refractivity (Wildman–Crippen MR) is 149 cm³/mol. The molecule has 198 valence electrons. The quantitative estimate of drug-likeness (QED) is 0.440. The molecule has 9 heteroatoms. The summed E-state index contributed by atoms with van der Waals surface area (Å²) in [6.07, 6.45) is 7.38. The Morgan fingerprint density at radius 1 is 1.13 bits per heavy atom. The fraction of sp³-hybridized carbons (Fsp3) is 0.345. The fourth-order valence-corrected chi connectivity index (χ4v) is 5.84. The number of nitrogens with zero attached hydrogens (tertiary/aromatic N) is 2. The van der Waals surface area contributed by atoms with E-state index in [1.807, 2.05) is 42.7 Å². The number of methoxy groups -OCH3 is 1. The van der Waals surface area contributed by atoms with Crippen molar-refractivity contribution in [1.82, 2.24) is 9.29 Å². The highest BCUT2D eigenvalue weighted by molar-refractivity contribution is 7.81. The van der Waals surface area contributed by atoms with Gasteiger partial charge in [0.25, 0.3) is 11.7 Å². The number of Topliss-reactive ketones (excluding diaryl/α,β-unsaturated/α-hetero) is 1. The van der Waals surface area contributed by atoms with Crippen molar-refractivity contribution in [3.05, 3.63) is 58.7 Å². The van der Waals surface area contributed by atoms with Gasteiger partial charge in [0.1, 0.15) is 11.8 Å². The molecular weight excluding hydrogens is 500 g/mol. The molecule has 8 nitrogen and oxygen atoms in total. The van der Waals surface area contributed by atoms with E-state index in [1.54, 1.807) is 31.4 Å². The highest BCUT2D eigenvalue weighted by Crippen LogP contribution is 2.47. The normalized spacial score (nSPS) is 15.5. The van der Waals surface area contributed by atoms with Crippen LogP contribution in [0.4, 0.5) is 0 Å². The molecule has 1 fully saturated rings. The van der Waals surface area contributed by atoms with Crippen molar-refractivity contribution in [1.29, 1.82) is 5.26 Å². The number of ketones is 1. The number of nitriles is 1. The summed E-state index contributed by atoms with van der Waals surface area (Å²) in [4.78, 5) is 25.3. The molecule has 1 aliphatic heterocycles. The van der Waals surface area contributed by atoms with Crippen molar-refractivity contribution < 1.29 is 18.5 Å². The number of rotatable bonds is 5. The first-order valence-electron chi connectivity index (χ1n) is 12.9. The Labute approximate surface area is 225 Å². The van der Waals surface area contributed by atoms with Crippen LogP contribution in [0.2, 0.25) is 0 Å². The van der Waals surface area contributed by atoms with Gasteiger partial charge in [0, 0.05) is 27.6 Å². The predicted octanol–water partition coefficient (Wildman–Crippen LogP) is 5.15. The van der Waals surface area contributed by atoms with Crippen molar-refractivity contribution in [3.8, 4) is 23.1 Å². The van der Waals surface area contributed by atoms with E-state index in [0.29, 0.717) is 22.8 Å². The van der Waals surface area contributed by atoms with Crippen molar-refractivity contribution in [2.75, 3.05) is 7.11 Å². The van der Waals surface area contributed by atoms with Crippen LogP contribution in [0.15, 0.2) is 42.0 Å². The first-order valence-corrected chi connectivity index (χ1v) is 14.1. The number of ether oxygens (including phenoxy) is 1. The van der Waals surface area contributed by atoms with Gasteiger partial charge in [0.2, 0.25) is 0 Å². The number of aromatic nitrogens is 1. The number of nitrogens with two attached hydrogens (primary N) is 1. The van der Waals surface area contributed by atoms with Crippen LogP contribution in [0.1, 0.15) is 73.4 Å². The van der Waals surface area contributed by atoms with E-state index in [4.69, 9.17) is 9.88 Å². The van der Waals surface area contributed by atoms with Crippen LogP contribution in [0.25, 0.3) is 28.2 Å². The van der Waals surface area contributed by atoms with Gasteiger partial charge in [-0.05, 0) is 66.3 Å². The Hall–Kier alpha value is -3.74. The highest BCUT2D eigenvalue weighted by Gasteiger charge is 2.30. The van der Waals surface area contributed by atoms with Crippen LogP contribution < -0.4 is 14.6 Å². The van der Waals surface area contributed by atoms with Gasteiger partial charge in [-0.3, -0.25) is 14.3 Å². The van der Waals surface area contributed by atoms with Gasteiger partial charge in [-0.25, -0.2) is 9.35 Å². The number of carbonyl (C=O) groups is 2. The maximum atomic E-state index is 12.6. The number of hydrogen-bond donors (Lipinski definition) is 2. The molecule has 1 atom stereocenters.